The molecule has 0 N–H and O–H groups in total. The lowest BCUT2D eigenvalue weighted by Gasteiger charge is -2.34. The first-order valence-corrected chi connectivity index (χ1v) is 11.3. The van der Waals surface area contributed by atoms with E-state index in [1.807, 2.05) is 35.2 Å². The van der Waals surface area contributed by atoms with E-state index >= 15 is 0 Å². The summed E-state index contributed by atoms with van der Waals surface area (Å²) in [5.74, 6) is -0.0170. The number of rotatable bonds is 5. The lowest BCUT2D eigenvalue weighted by Crippen LogP contribution is -2.51. The monoisotopic (exact) mass is 435 g/mol. The molecule has 1 heterocycles. The molecule has 6 nitrogen and oxygen atoms in total. The number of sulfonamides is 1. The standard InChI is InChI=1S/C21H26ClN3O3S/c1-16-14-20(17(2)13-19(16)22)29(27,28)25-11-9-24(10-12-25)15-21(26)23(3)18-7-5-4-6-8-18/h4-8,13-14H,9-12,15H2,1-3H3. The van der Waals surface area contributed by atoms with Gasteiger partial charge in [0.15, 0.2) is 0 Å². The molecule has 0 atom stereocenters. The minimum absolute atomic E-state index is 0.0170. The second-order valence-electron chi connectivity index (χ2n) is 7.34. The lowest BCUT2D eigenvalue weighted by molar-refractivity contribution is -0.119. The number of anilines is 1. The van der Waals surface area contributed by atoms with Crippen molar-refractivity contribution in [3.63, 3.8) is 0 Å². The van der Waals surface area contributed by atoms with Gasteiger partial charge in [0.25, 0.3) is 0 Å². The van der Waals surface area contributed by atoms with Gasteiger partial charge in [-0.2, -0.15) is 4.31 Å². The van der Waals surface area contributed by atoms with E-state index in [9.17, 15) is 13.2 Å². The topological polar surface area (TPSA) is 60.9 Å². The first-order chi connectivity index (χ1) is 13.7. The molecule has 1 saturated heterocycles. The first kappa shape index (κ1) is 21.8. The van der Waals surface area contributed by atoms with Crippen molar-refractivity contribution in [2.24, 2.45) is 0 Å². The molecule has 2 aromatic rings. The molecule has 0 aliphatic carbocycles. The number of piperazine rings is 1. The van der Waals surface area contributed by atoms with Crippen LogP contribution in [0.1, 0.15) is 11.1 Å². The van der Waals surface area contributed by atoms with Crippen LogP contribution >= 0.6 is 11.6 Å². The molecule has 0 spiro atoms. The summed E-state index contributed by atoms with van der Waals surface area (Å²) in [4.78, 5) is 16.5. The van der Waals surface area contributed by atoms with Crippen molar-refractivity contribution < 1.29 is 13.2 Å². The first-order valence-electron chi connectivity index (χ1n) is 9.51. The molecule has 0 radical (unpaired) electrons. The zero-order valence-corrected chi connectivity index (χ0v) is 18.5. The number of benzene rings is 2. The molecule has 1 fully saturated rings. The van der Waals surface area contributed by atoms with E-state index in [1.165, 1.54) is 4.31 Å². The van der Waals surface area contributed by atoms with Crippen molar-refractivity contribution in [1.82, 2.24) is 9.21 Å². The highest BCUT2D eigenvalue weighted by Crippen LogP contribution is 2.27. The molecule has 0 bridgehead atoms. The Hall–Kier alpha value is -1.93. The third-order valence-corrected chi connectivity index (χ3v) is 7.73. The van der Waals surface area contributed by atoms with Gasteiger partial charge in [0.2, 0.25) is 15.9 Å². The Labute approximate surface area is 177 Å². The Morgan fingerprint density at radius 2 is 1.66 bits per heavy atom. The predicted octanol–water partition coefficient (Wildman–Crippen LogP) is 2.93. The molecule has 1 amide bonds. The van der Waals surface area contributed by atoms with E-state index in [0.29, 0.717) is 41.7 Å². The lowest BCUT2D eigenvalue weighted by atomic mass is 10.2. The second-order valence-corrected chi connectivity index (χ2v) is 9.65. The highest BCUT2D eigenvalue weighted by molar-refractivity contribution is 7.89. The number of aryl methyl sites for hydroxylation is 2. The molecule has 0 saturated carbocycles. The largest absolute Gasteiger partial charge is 0.314 e. The summed E-state index contributed by atoms with van der Waals surface area (Å²) >= 11 is 6.11. The Morgan fingerprint density at radius 3 is 2.28 bits per heavy atom. The van der Waals surface area contributed by atoms with Gasteiger partial charge in [0, 0.05) is 43.9 Å². The van der Waals surface area contributed by atoms with Crippen molar-refractivity contribution in [1.29, 1.82) is 0 Å². The van der Waals surface area contributed by atoms with Crippen LogP contribution in [0.25, 0.3) is 0 Å². The van der Waals surface area contributed by atoms with Crippen molar-refractivity contribution >= 4 is 33.2 Å². The minimum atomic E-state index is -3.59. The van der Waals surface area contributed by atoms with Crippen LogP contribution in [0.15, 0.2) is 47.4 Å². The van der Waals surface area contributed by atoms with Gasteiger partial charge in [-0.05, 0) is 49.2 Å². The quantitative estimate of drug-likeness (QED) is 0.724. The van der Waals surface area contributed by atoms with Crippen LogP contribution in [0.3, 0.4) is 0 Å². The van der Waals surface area contributed by atoms with Gasteiger partial charge in [-0.15, -0.1) is 0 Å². The Balaban J connectivity index is 1.63. The van der Waals surface area contributed by atoms with E-state index in [4.69, 9.17) is 11.6 Å². The Bertz CT molecular complexity index is 988. The fourth-order valence-corrected chi connectivity index (χ4v) is 5.32. The summed E-state index contributed by atoms with van der Waals surface area (Å²) in [6.07, 6.45) is 0. The van der Waals surface area contributed by atoms with Crippen LogP contribution in [0.5, 0.6) is 0 Å². The molecule has 0 unspecified atom stereocenters. The van der Waals surface area contributed by atoms with Gasteiger partial charge in [-0.1, -0.05) is 29.8 Å². The fourth-order valence-electron chi connectivity index (χ4n) is 3.39. The molecule has 29 heavy (non-hydrogen) atoms. The summed E-state index contributed by atoms with van der Waals surface area (Å²) in [5.41, 5.74) is 2.22. The molecular weight excluding hydrogens is 410 g/mol. The van der Waals surface area contributed by atoms with Crippen molar-refractivity contribution in [2.75, 3.05) is 44.7 Å². The van der Waals surface area contributed by atoms with E-state index in [-0.39, 0.29) is 12.5 Å². The summed E-state index contributed by atoms with van der Waals surface area (Å²) in [5, 5.41) is 0.562. The number of hydrogen-bond donors (Lipinski definition) is 0. The van der Waals surface area contributed by atoms with E-state index in [2.05, 4.69) is 0 Å². The van der Waals surface area contributed by atoms with E-state index in [1.54, 1.807) is 37.9 Å². The number of hydrogen-bond acceptors (Lipinski definition) is 4. The van der Waals surface area contributed by atoms with Crippen molar-refractivity contribution in [3.05, 3.63) is 58.6 Å². The van der Waals surface area contributed by atoms with Crippen LogP contribution in [0.4, 0.5) is 5.69 Å². The Kier molecular flexibility index (Phi) is 6.63. The number of likely N-dealkylation sites (N-methyl/N-ethyl adjacent to an activating group) is 1. The smallest absolute Gasteiger partial charge is 0.243 e. The number of nitrogens with zero attached hydrogens (tertiary/aromatic N) is 3. The molecule has 8 heteroatoms. The van der Waals surface area contributed by atoms with Crippen LogP contribution in [-0.4, -0.2) is 63.3 Å². The number of carbonyl (C=O) groups is 1. The van der Waals surface area contributed by atoms with Gasteiger partial charge < -0.3 is 4.90 Å². The molecule has 156 valence electrons. The Morgan fingerprint density at radius 1 is 1.03 bits per heavy atom. The third kappa shape index (κ3) is 4.80. The van der Waals surface area contributed by atoms with Crippen molar-refractivity contribution in [3.8, 4) is 0 Å². The number of halogens is 1. The average molecular weight is 436 g/mol. The highest BCUT2D eigenvalue weighted by Gasteiger charge is 2.30. The van der Waals surface area contributed by atoms with Crippen molar-refractivity contribution in [2.45, 2.75) is 18.7 Å². The average Bonchev–Trinajstić information content (AvgIpc) is 2.71. The van der Waals surface area contributed by atoms with Gasteiger partial charge in [0.05, 0.1) is 11.4 Å². The van der Waals surface area contributed by atoms with Gasteiger partial charge in [-0.3, -0.25) is 9.69 Å². The molecule has 1 aliphatic heterocycles. The summed E-state index contributed by atoms with van der Waals surface area (Å²) < 4.78 is 27.7. The zero-order chi connectivity index (χ0) is 21.2. The number of carbonyl (C=O) groups excluding carboxylic acids is 1. The van der Waals surface area contributed by atoms with Gasteiger partial charge >= 0.3 is 0 Å². The maximum atomic E-state index is 13.1. The van der Waals surface area contributed by atoms with Crippen LogP contribution < -0.4 is 4.90 Å². The molecule has 1 aliphatic rings. The van der Waals surface area contributed by atoms with Crippen LogP contribution in [0.2, 0.25) is 5.02 Å². The van der Waals surface area contributed by atoms with Crippen LogP contribution in [-0.2, 0) is 14.8 Å². The molecule has 0 aromatic heterocycles. The van der Waals surface area contributed by atoms with Crippen LogP contribution in [0, 0.1) is 13.8 Å². The third-order valence-electron chi connectivity index (χ3n) is 5.28. The second kappa shape index (κ2) is 8.83. The SMILES string of the molecule is Cc1cc(S(=O)(=O)N2CCN(CC(=O)N(C)c3ccccc3)CC2)c(C)cc1Cl. The van der Waals surface area contributed by atoms with E-state index < -0.39 is 10.0 Å². The normalized spacial score (nSPS) is 16.0. The van der Waals surface area contributed by atoms with Gasteiger partial charge in [-0.25, -0.2) is 8.42 Å². The predicted molar refractivity (Wildman–Crippen MR) is 116 cm³/mol. The summed E-state index contributed by atoms with van der Waals surface area (Å²) in [7, 11) is -1.84. The maximum Gasteiger partial charge on any atom is 0.243 e. The highest BCUT2D eigenvalue weighted by atomic mass is 35.5. The zero-order valence-electron chi connectivity index (χ0n) is 16.9. The maximum absolute atomic E-state index is 13.1. The molecule has 2 aromatic carbocycles. The van der Waals surface area contributed by atoms with E-state index in [0.717, 1.165) is 11.3 Å². The fraction of sp³-hybridized carbons (Fsp3) is 0.381. The number of para-hydroxylation sites is 1. The summed E-state index contributed by atoms with van der Waals surface area (Å²) in [6, 6.07) is 12.8. The van der Waals surface area contributed by atoms with Gasteiger partial charge in [0.1, 0.15) is 0 Å². The number of amides is 1. The summed E-state index contributed by atoms with van der Waals surface area (Å²) in [6.45, 7) is 5.55. The molecule has 3 rings (SSSR count). The minimum Gasteiger partial charge on any atom is -0.314 e. The molecular formula is C21H26ClN3O3S.